The van der Waals surface area contributed by atoms with Crippen molar-refractivity contribution in [1.82, 2.24) is 0 Å². The molecule has 1 fully saturated rings. The number of aromatic hydroxyl groups is 1. The smallest absolute Gasteiger partial charge is 0.133 e. The van der Waals surface area contributed by atoms with Gasteiger partial charge in [0.05, 0.1) is 0 Å². The van der Waals surface area contributed by atoms with Gasteiger partial charge in [0.25, 0.3) is 0 Å². The zero-order valence-electron chi connectivity index (χ0n) is 8.57. The van der Waals surface area contributed by atoms with Crippen LogP contribution in [0.1, 0.15) is 24.8 Å². The van der Waals surface area contributed by atoms with Crippen molar-refractivity contribution in [1.29, 1.82) is 0 Å². The van der Waals surface area contributed by atoms with Crippen LogP contribution >= 0.6 is 0 Å². The summed E-state index contributed by atoms with van der Waals surface area (Å²) in [7, 11) is 0. The van der Waals surface area contributed by atoms with Crippen LogP contribution in [0, 0.1) is 0 Å². The summed E-state index contributed by atoms with van der Waals surface area (Å²) >= 11 is 0. The molecule has 0 aromatic heterocycles. The molecule has 1 atom stereocenters. The van der Waals surface area contributed by atoms with Crippen LogP contribution in [-0.4, -0.2) is 17.4 Å². The van der Waals surface area contributed by atoms with Gasteiger partial charge >= 0.3 is 0 Å². The number of phenolic OH excluding ortho intramolecular Hbond substituents is 1. The highest BCUT2D eigenvalue weighted by atomic mass is 16.3. The summed E-state index contributed by atoms with van der Waals surface area (Å²) in [5.74, 6) is 0.531. The van der Waals surface area contributed by atoms with Crippen molar-refractivity contribution >= 4 is 5.78 Å². The number of ketones is 1. The molecule has 0 spiro atoms. The maximum absolute atomic E-state index is 11.4. The van der Waals surface area contributed by atoms with Gasteiger partial charge in [-0.1, -0.05) is 12.1 Å². The summed E-state index contributed by atoms with van der Waals surface area (Å²) in [6, 6.07) is 7.02. The Hall–Kier alpha value is -1.35. The number of carbonyl (C=O) groups excluding carboxylic acids is 1. The van der Waals surface area contributed by atoms with Crippen LogP contribution in [0.25, 0.3) is 0 Å². The van der Waals surface area contributed by atoms with Crippen LogP contribution in [0.4, 0.5) is 0 Å². The van der Waals surface area contributed by atoms with E-state index in [1.54, 1.807) is 12.1 Å². The molecular formula is C12H15NO2. The number of benzene rings is 1. The molecule has 0 aliphatic heterocycles. The molecule has 1 unspecified atom stereocenters. The first-order valence-corrected chi connectivity index (χ1v) is 5.18. The highest BCUT2D eigenvalue weighted by Crippen LogP contribution is 2.38. The van der Waals surface area contributed by atoms with Gasteiger partial charge in [-0.2, -0.15) is 0 Å². The number of rotatable bonds is 2. The van der Waals surface area contributed by atoms with E-state index in [4.69, 9.17) is 5.73 Å². The molecule has 15 heavy (non-hydrogen) atoms. The second-order valence-electron chi connectivity index (χ2n) is 4.25. The number of carbonyl (C=O) groups is 1. The van der Waals surface area contributed by atoms with Gasteiger partial charge < -0.3 is 10.8 Å². The summed E-state index contributed by atoms with van der Waals surface area (Å²) < 4.78 is 0. The van der Waals surface area contributed by atoms with E-state index >= 15 is 0 Å². The highest BCUT2D eigenvalue weighted by Gasteiger charge is 2.38. The lowest BCUT2D eigenvalue weighted by molar-refractivity contribution is -0.117. The normalized spacial score (nSPS) is 25.8. The Morgan fingerprint density at radius 2 is 2.00 bits per heavy atom. The van der Waals surface area contributed by atoms with Crippen LogP contribution in [0.2, 0.25) is 0 Å². The number of phenols is 1. The molecule has 1 aliphatic carbocycles. The van der Waals surface area contributed by atoms with Gasteiger partial charge in [0.15, 0.2) is 0 Å². The van der Waals surface area contributed by atoms with Gasteiger partial charge in [0.1, 0.15) is 11.5 Å². The van der Waals surface area contributed by atoms with Gasteiger partial charge in [0.2, 0.25) is 0 Å². The summed E-state index contributed by atoms with van der Waals surface area (Å²) in [6.07, 6.45) is 1.99. The van der Waals surface area contributed by atoms with Gasteiger partial charge in [-0.15, -0.1) is 0 Å². The van der Waals surface area contributed by atoms with Crippen LogP contribution in [-0.2, 0) is 10.2 Å². The van der Waals surface area contributed by atoms with E-state index in [1.165, 1.54) is 0 Å². The van der Waals surface area contributed by atoms with Gasteiger partial charge in [-0.25, -0.2) is 0 Å². The van der Waals surface area contributed by atoms with Crippen molar-refractivity contribution in [2.24, 2.45) is 5.73 Å². The van der Waals surface area contributed by atoms with Crippen molar-refractivity contribution in [2.75, 3.05) is 6.54 Å². The van der Waals surface area contributed by atoms with E-state index in [1.807, 2.05) is 12.1 Å². The second-order valence-corrected chi connectivity index (χ2v) is 4.25. The topological polar surface area (TPSA) is 63.3 Å². The molecule has 80 valence electrons. The minimum atomic E-state index is -0.190. The zero-order valence-corrected chi connectivity index (χ0v) is 8.57. The molecule has 3 nitrogen and oxygen atoms in total. The van der Waals surface area contributed by atoms with Gasteiger partial charge in [0, 0.05) is 24.8 Å². The Labute approximate surface area is 88.9 Å². The fourth-order valence-electron chi connectivity index (χ4n) is 2.29. The van der Waals surface area contributed by atoms with E-state index in [2.05, 4.69) is 0 Å². The number of nitrogens with two attached hydrogens (primary N) is 1. The Balaban J connectivity index is 2.34. The molecule has 0 radical (unpaired) electrons. The van der Waals surface area contributed by atoms with Crippen LogP contribution < -0.4 is 5.73 Å². The van der Waals surface area contributed by atoms with E-state index < -0.39 is 0 Å². The molecular weight excluding hydrogens is 190 g/mol. The lowest BCUT2D eigenvalue weighted by Gasteiger charge is -2.26. The largest absolute Gasteiger partial charge is 0.508 e. The Morgan fingerprint density at radius 3 is 2.47 bits per heavy atom. The van der Waals surface area contributed by atoms with E-state index in [0.29, 0.717) is 19.4 Å². The number of Topliss-reactive ketones (excluding diaryl/α,β-unsaturated/α-hetero) is 1. The third-order valence-corrected chi connectivity index (χ3v) is 3.29. The third kappa shape index (κ3) is 1.75. The molecule has 0 heterocycles. The van der Waals surface area contributed by atoms with Crippen molar-refractivity contribution in [3.8, 4) is 5.75 Å². The maximum atomic E-state index is 11.4. The lowest BCUT2D eigenvalue weighted by atomic mass is 9.79. The van der Waals surface area contributed by atoms with Gasteiger partial charge in [-0.3, -0.25) is 4.79 Å². The van der Waals surface area contributed by atoms with Gasteiger partial charge in [-0.05, 0) is 24.1 Å². The Kier molecular flexibility index (Phi) is 2.49. The average Bonchev–Trinajstić information content (AvgIpc) is 2.62. The minimum Gasteiger partial charge on any atom is -0.508 e. The van der Waals surface area contributed by atoms with Crippen LogP contribution in [0.3, 0.4) is 0 Å². The van der Waals surface area contributed by atoms with E-state index in [-0.39, 0.29) is 16.9 Å². The van der Waals surface area contributed by atoms with Crippen LogP contribution in [0.5, 0.6) is 5.75 Å². The first-order chi connectivity index (χ1) is 7.16. The quantitative estimate of drug-likeness (QED) is 0.765. The molecule has 0 amide bonds. The predicted octanol–water partition coefficient (Wildman–Crippen LogP) is 1.34. The summed E-state index contributed by atoms with van der Waals surface area (Å²) in [4.78, 5) is 11.4. The van der Waals surface area contributed by atoms with E-state index in [9.17, 15) is 9.90 Å². The second kappa shape index (κ2) is 3.66. The molecule has 3 heteroatoms. The summed E-state index contributed by atoms with van der Waals surface area (Å²) in [5.41, 5.74) is 6.66. The third-order valence-electron chi connectivity index (χ3n) is 3.29. The molecule has 1 aromatic rings. The standard InChI is InChI=1S/C12H15NO2/c13-8-12(6-5-11(15)7-12)9-1-3-10(14)4-2-9/h1-4,14H,5-8,13H2. The van der Waals surface area contributed by atoms with E-state index in [0.717, 1.165) is 12.0 Å². The number of hydrogen-bond acceptors (Lipinski definition) is 3. The first kappa shape index (κ1) is 10.2. The molecule has 2 rings (SSSR count). The zero-order chi connectivity index (χ0) is 10.9. The summed E-state index contributed by atoms with van der Waals surface area (Å²) in [5, 5.41) is 9.21. The minimum absolute atomic E-state index is 0.190. The summed E-state index contributed by atoms with van der Waals surface area (Å²) in [6.45, 7) is 0.490. The predicted molar refractivity (Wildman–Crippen MR) is 57.7 cm³/mol. The molecule has 1 aromatic carbocycles. The molecule has 1 aliphatic rings. The Morgan fingerprint density at radius 1 is 1.33 bits per heavy atom. The molecule has 1 saturated carbocycles. The van der Waals surface area contributed by atoms with Crippen LogP contribution in [0.15, 0.2) is 24.3 Å². The van der Waals surface area contributed by atoms with Crippen molar-refractivity contribution < 1.29 is 9.90 Å². The van der Waals surface area contributed by atoms with Crippen molar-refractivity contribution in [3.63, 3.8) is 0 Å². The SMILES string of the molecule is NCC1(c2ccc(O)cc2)CCC(=O)C1. The van der Waals surface area contributed by atoms with Crippen molar-refractivity contribution in [2.45, 2.75) is 24.7 Å². The highest BCUT2D eigenvalue weighted by molar-refractivity contribution is 5.83. The first-order valence-electron chi connectivity index (χ1n) is 5.18. The van der Waals surface area contributed by atoms with Crippen molar-refractivity contribution in [3.05, 3.63) is 29.8 Å². The Bertz CT molecular complexity index is 372. The molecule has 0 saturated heterocycles. The molecule has 3 N–H and O–H groups in total. The maximum Gasteiger partial charge on any atom is 0.133 e. The lowest BCUT2D eigenvalue weighted by Crippen LogP contribution is -2.32. The number of hydrogen-bond donors (Lipinski definition) is 2. The molecule has 0 bridgehead atoms. The fourth-order valence-corrected chi connectivity index (χ4v) is 2.29. The monoisotopic (exact) mass is 205 g/mol. The fraction of sp³-hybridized carbons (Fsp3) is 0.417. The average molecular weight is 205 g/mol.